The van der Waals surface area contributed by atoms with Crippen LogP contribution in [0.3, 0.4) is 0 Å². The van der Waals surface area contributed by atoms with Crippen LogP contribution < -0.4 is 5.32 Å². The molecule has 2 atom stereocenters. The fourth-order valence-corrected chi connectivity index (χ4v) is 1.54. The van der Waals surface area contributed by atoms with E-state index in [0.717, 1.165) is 5.56 Å². The molecule has 0 aliphatic heterocycles. The van der Waals surface area contributed by atoms with Crippen LogP contribution in [0.15, 0.2) is 30.3 Å². The molecule has 0 saturated carbocycles. The second-order valence-electron chi connectivity index (χ2n) is 3.70. The summed E-state index contributed by atoms with van der Waals surface area (Å²) >= 11 is 0. The quantitative estimate of drug-likeness (QED) is 0.766. The highest BCUT2D eigenvalue weighted by molar-refractivity contribution is 5.75. The van der Waals surface area contributed by atoms with E-state index in [1.165, 1.54) is 0 Å². The molecule has 0 aliphatic carbocycles. The Balaban J connectivity index is 2.73. The lowest BCUT2D eigenvalue weighted by Crippen LogP contribution is -2.37. The molecule has 0 amide bonds. The summed E-state index contributed by atoms with van der Waals surface area (Å²) in [5, 5.41) is 12.1. The molecule has 0 fully saturated rings. The maximum atomic E-state index is 11.1. The van der Waals surface area contributed by atoms with Crippen molar-refractivity contribution in [3.8, 4) is 0 Å². The topological polar surface area (TPSA) is 58.6 Å². The maximum Gasteiger partial charge on any atom is 0.325 e. The third kappa shape index (κ3) is 3.64. The van der Waals surface area contributed by atoms with Gasteiger partial charge in [-0.25, -0.2) is 0 Å². The Bertz CT molecular complexity index is 326. The van der Waals surface area contributed by atoms with Crippen molar-refractivity contribution in [1.29, 1.82) is 0 Å². The molecule has 2 N–H and O–H groups in total. The van der Waals surface area contributed by atoms with Crippen molar-refractivity contribution in [3.63, 3.8) is 0 Å². The second kappa shape index (κ2) is 6.25. The monoisotopic (exact) mass is 223 g/mol. The van der Waals surface area contributed by atoms with Gasteiger partial charge >= 0.3 is 5.97 Å². The minimum atomic E-state index is -0.880. The van der Waals surface area contributed by atoms with Gasteiger partial charge in [0.1, 0.15) is 6.04 Å². The Kier molecular flexibility index (Phi) is 4.95. The van der Waals surface area contributed by atoms with Crippen LogP contribution in [0.5, 0.6) is 0 Å². The van der Waals surface area contributed by atoms with Crippen molar-refractivity contribution in [2.75, 3.05) is 13.7 Å². The van der Waals surface area contributed by atoms with Gasteiger partial charge in [-0.2, -0.15) is 0 Å². The number of aliphatic carboxylic acids is 1. The number of hydrogen-bond acceptors (Lipinski definition) is 3. The van der Waals surface area contributed by atoms with Gasteiger partial charge in [0, 0.05) is 13.2 Å². The van der Waals surface area contributed by atoms with E-state index in [1.807, 2.05) is 25.1 Å². The molecular weight excluding hydrogens is 206 g/mol. The van der Waals surface area contributed by atoms with Crippen LogP contribution in [0, 0.1) is 0 Å². The molecule has 4 nitrogen and oxygen atoms in total. The highest BCUT2D eigenvalue weighted by Crippen LogP contribution is 2.13. The zero-order valence-electron chi connectivity index (χ0n) is 9.51. The average Bonchev–Trinajstić information content (AvgIpc) is 2.27. The number of nitrogens with one attached hydrogen (secondary N) is 1. The molecule has 88 valence electrons. The molecular formula is C12H17NO3. The van der Waals surface area contributed by atoms with Crippen LogP contribution in [-0.2, 0) is 9.53 Å². The van der Waals surface area contributed by atoms with Crippen molar-refractivity contribution in [2.24, 2.45) is 0 Å². The first-order valence-corrected chi connectivity index (χ1v) is 5.18. The first kappa shape index (κ1) is 12.7. The third-order valence-corrected chi connectivity index (χ3v) is 2.25. The Morgan fingerprint density at radius 2 is 2.06 bits per heavy atom. The van der Waals surface area contributed by atoms with E-state index < -0.39 is 12.0 Å². The van der Waals surface area contributed by atoms with E-state index in [1.54, 1.807) is 19.2 Å². The summed E-state index contributed by atoms with van der Waals surface area (Å²) in [6.07, 6.45) is 0. The van der Waals surface area contributed by atoms with Gasteiger partial charge in [0.2, 0.25) is 0 Å². The van der Waals surface area contributed by atoms with E-state index in [-0.39, 0.29) is 6.04 Å². The van der Waals surface area contributed by atoms with Gasteiger partial charge < -0.3 is 9.84 Å². The largest absolute Gasteiger partial charge is 0.480 e. The summed E-state index contributed by atoms with van der Waals surface area (Å²) in [7, 11) is 1.59. The number of methoxy groups -OCH3 is 1. The molecule has 0 bridgehead atoms. The van der Waals surface area contributed by atoms with Gasteiger partial charge in [-0.3, -0.25) is 10.1 Å². The number of rotatable bonds is 6. The number of carbonyl (C=O) groups is 1. The Morgan fingerprint density at radius 1 is 1.44 bits per heavy atom. The zero-order valence-corrected chi connectivity index (χ0v) is 9.51. The number of benzene rings is 1. The molecule has 1 rings (SSSR count). The van der Waals surface area contributed by atoms with E-state index >= 15 is 0 Å². The lowest BCUT2D eigenvalue weighted by Gasteiger charge is -2.19. The van der Waals surface area contributed by atoms with E-state index in [4.69, 9.17) is 9.84 Å². The molecule has 0 aliphatic rings. The molecule has 4 heteroatoms. The van der Waals surface area contributed by atoms with Crippen LogP contribution >= 0.6 is 0 Å². The minimum Gasteiger partial charge on any atom is -0.480 e. The van der Waals surface area contributed by atoms with Gasteiger partial charge in [0.15, 0.2) is 0 Å². The smallest absolute Gasteiger partial charge is 0.325 e. The SMILES string of the molecule is COCC(C)NC(C(=O)O)c1ccccc1. The predicted octanol–water partition coefficient (Wildman–Crippen LogP) is 1.44. The Hall–Kier alpha value is -1.39. The molecule has 1 aromatic rings. The van der Waals surface area contributed by atoms with E-state index in [9.17, 15) is 4.79 Å². The number of hydrogen-bond donors (Lipinski definition) is 2. The summed E-state index contributed by atoms with van der Waals surface area (Å²) in [5.74, 6) is -0.880. The number of carboxylic acids is 1. The van der Waals surface area contributed by atoms with Crippen molar-refractivity contribution in [1.82, 2.24) is 5.32 Å². The highest BCUT2D eigenvalue weighted by atomic mass is 16.5. The number of carboxylic acid groups (broad SMARTS) is 1. The molecule has 0 heterocycles. The van der Waals surface area contributed by atoms with Gasteiger partial charge in [0.05, 0.1) is 6.61 Å². The van der Waals surface area contributed by atoms with Gasteiger partial charge in [0.25, 0.3) is 0 Å². The van der Waals surface area contributed by atoms with Crippen LogP contribution in [0.25, 0.3) is 0 Å². The average molecular weight is 223 g/mol. The zero-order chi connectivity index (χ0) is 12.0. The summed E-state index contributed by atoms with van der Waals surface area (Å²) in [4.78, 5) is 11.1. The number of ether oxygens (including phenoxy) is 1. The summed E-state index contributed by atoms with van der Waals surface area (Å²) < 4.78 is 4.96. The Labute approximate surface area is 95.2 Å². The highest BCUT2D eigenvalue weighted by Gasteiger charge is 2.20. The molecule has 0 saturated heterocycles. The normalized spacial score (nSPS) is 14.4. The van der Waals surface area contributed by atoms with Crippen LogP contribution in [0.1, 0.15) is 18.5 Å². The maximum absolute atomic E-state index is 11.1. The second-order valence-corrected chi connectivity index (χ2v) is 3.70. The molecule has 0 aromatic heterocycles. The summed E-state index contributed by atoms with van der Waals surface area (Å²) in [5.41, 5.74) is 0.748. The lowest BCUT2D eigenvalue weighted by atomic mass is 10.1. The molecule has 2 unspecified atom stereocenters. The van der Waals surface area contributed by atoms with Crippen LogP contribution in [0.4, 0.5) is 0 Å². The minimum absolute atomic E-state index is 0.00805. The first-order valence-electron chi connectivity index (χ1n) is 5.18. The lowest BCUT2D eigenvalue weighted by molar-refractivity contribution is -0.140. The molecule has 0 spiro atoms. The summed E-state index contributed by atoms with van der Waals surface area (Å²) in [6, 6.07) is 8.41. The molecule has 1 aromatic carbocycles. The Morgan fingerprint density at radius 3 is 2.56 bits per heavy atom. The molecule has 0 radical (unpaired) electrons. The van der Waals surface area contributed by atoms with Gasteiger partial charge in [-0.05, 0) is 12.5 Å². The van der Waals surface area contributed by atoms with Crippen molar-refractivity contribution < 1.29 is 14.6 Å². The van der Waals surface area contributed by atoms with Gasteiger partial charge in [-0.1, -0.05) is 30.3 Å². The van der Waals surface area contributed by atoms with Gasteiger partial charge in [-0.15, -0.1) is 0 Å². The predicted molar refractivity (Wildman–Crippen MR) is 61.3 cm³/mol. The standard InChI is InChI=1S/C12H17NO3/c1-9(8-16-2)13-11(12(14)15)10-6-4-3-5-7-10/h3-7,9,11,13H,8H2,1-2H3,(H,14,15). The fraction of sp³-hybridized carbons (Fsp3) is 0.417. The summed E-state index contributed by atoms with van der Waals surface area (Å²) in [6.45, 7) is 2.37. The van der Waals surface area contributed by atoms with Crippen molar-refractivity contribution in [2.45, 2.75) is 19.0 Å². The molecule has 16 heavy (non-hydrogen) atoms. The van der Waals surface area contributed by atoms with E-state index in [2.05, 4.69) is 5.32 Å². The van der Waals surface area contributed by atoms with Crippen LogP contribution in [-0.4, -0.2) is 30.8 Å². The van der Waals surface area contributed by atoms with Crippen molar-refractivity contribution in [3.05, 3.63) is 35.9 Å². The first-order chi connectivity index (χ1) is 7.65. The van der Waals surface area contributed by atoms with E-state index in [0.29, 0.717) is 6.61 Å². The fourth-order valence-electron chi connectivity index (χ4n) is 1.54. The third-order valence-electron chi connectivity index (χ3n) is 2.25. The van der Waals surface area contributed by atoms with Crippen LogP contribution in [0.2, 0.25) is 0 Å². The van der Waals surface area contributed by atoms with Crippen molar-refractivity contribution >= 4 is 5.97 Å².